The maximum atomic E-state index is 11.0. The molecule has 0 aromatic heterocycles. The van der Waals surface area contributed by atoms with Gasteiger partial charge in [0.2, 0.25) is 0 Å². The number of carbonyl (C=O) groups is 1. The van der Waals surface area contributed by atoms with Gasteiger partial charge in [0.05, 0.1) is 5.69 Å². The number of nitrogens with zero attached hydrogens (tertiary/aromatic N) is 1. The molecule has 0 radical (unpaired) electrons. The minimum atomic E-state index is -0.504. The fourth-order valence-corrected chi connectivity index (χ4v) is 1.88. The number of fused-ring (bicyclic) bond motifs is 3. The van der Waals surface area contributed by atoms with Crippen LogP contribution in [-0.2, 0) is 0 Å². The number of hydrogen-bond donors (Lipinski definition) is 2. The van der Waals surface area contributed by atoms with E-state index in [1.807, 2.05) is 30.3 Å². The Balaban J connectivity index is 2.37. The Labute approximate surface area is 85.6 Å². The van der Waals surface area contributed by atoms with Crippen LogP contribution in [0.1, 0.15) is 0 Å². The number of rotatable bonds is 0. The third kappa shape index (κ3) is 1.05. The van der Waals surface area contributed by atoms with Crippen LogP contribution in [-0.4, -0.2) is 15.8 Å². The van der Waals surface area contributed by atoms with Gasteiger partial charge >= 0.3 is 6.03 Å². The summed E-state index contributed by atoms with van der Waals surface area (Å²) in [4.78, 5) is 11.0. The molecule has 1 aromatic carbocycles. The van der Waals surface area contributed by atoms with E-state index in [0.717, 1.165) is 22.0 Å². The van der Waals surface area contributed by atoms with E-state index in [2.05, 4.69) is 5.10 Å². The van der Waals surface area contributed by atoms with E-state index < -0.39 is 6.03 Å². The molecule has 4 heteroatoms. The molecule has 3 rings (SSSR count). The summed E-state index contributed by atoms with van der Waals surface area (Å²) in [6.45, 7) is 0. The second-order valence-electron chi connectivity index (χ2n) is 3.51. The second kappa shape index (κ2) is 2.63. The van der Waals surface area contributed by atoms with Gasteiger partial charge in [-0.25, -0.2) is 9.48 Å². The topological polar surface area (TPSA) is 63.8 Å². The molecule has 74 valence electrons. The molecule has 0 fully saturated rings. The number of amides is 1. The number of H-pyrrole nitrogens is 1. The summed E-state index contributed by atoms with van der Waals surface area (Å²) in [5.41, 5.74) is 7.12. The van der Waals surface area contributed by atoms with Gasteiger partial charge in [-0.1, -0.05) is 24.3 Å². The highest BCUT2D eigenvalue weighted by molar-refractivity contribution is 6.01. The van der Waals surface area contributed by atoms with Crippen molar-refractivity contribution in [3.63, 3.8) is 0 Å². The van der Waals surface area contributed by atoms with Gasteiger partial charge < -0.3 is 5.73 Å². The van der Waals surface area contributed by atoms with E-state index in [4.69, 9.17) is 5.73 Å². The Morgan fingerprint density at radius 2 is 2.13 bits per heavy atom. The Kier molecular flexibility index (Phi) is 1.42. The molecule has 0 spiro atoms. The van der Waals surface area contributed by atoms with Gasteiger partial charge in [0.25, 0.3) is 0 Å². The number of benzene rings is 1. The fraction of sp³-hybridized carbons (Fsp3) is 0. The lowest BCUT2D eigenvalue weighted by atomic mass is 10.2. The molecule has 1 heterocycles. The standard InChI is InChI=1S/C11H9N3O/c12-11(15)14-6-8-5-7-3-1-2-4-9(7)10(8)13-14/h1-6,13H,(H2,12,15). The molecule has 0 atom stereocenters. The quantitative estimate of drug-likeness (QED) is 0.571. The Morgan fingerprint density at radius 3 is 2.93 bits per heavy atom. The summed E-state index contributed by atoms with van der Waals surface area (Å²) in [6.07, 6.45) is 1.71. The van der Waals surface area contributed by atoms with Crippen molar-refractivity contribution >= 4 is 16.8 Å². The van der Waals surface area contributed by atoms with Crippen molar-refractivity contribution in [1.29, 1.82) is 0 Å². The van der Waals surface area contributed by atoms with Crippen LogP contribution in [0.5, 0.6) is 0 Å². The molecule has 1 aliphatic carbocycles. The van der Waals surface area contributed by atoms with Gasteiger partial charge in [-0.15, -0.1) is 0 Å². The summed E-state index contributed by atoms with van der Waals surface area (Å²) in [5.74, 6) is 0. The van der Waals surface area contributed by atoms with Crippen molar-refractivity contribution in [3.8, 4) is 11.3 Å². The normalized spacial score (nSPS) is 11.2. The Hall–Kier alpha value is -2.23. The number of hydrogen-bond acceptors (Lipinski definition) is 1. The predicted molar refractivity (Wildman–Crippen MR) is 57.9 cm³/mol. The maximum Gasteiger partial charge on any atom is 0.337 e. The molecule has 0 saturated carbocycles. The molecule has 1 aliphatic heterocycles. The lowest BCUT2D eigenvalue weighted by molar-refractivity contribution is 0.248. The molecule has 1 amide bonds. The minimum Gasteiger partial charge on any atom is -0.350 e. The second-order valence-corrected chi connectivity index (χ2v) is 3.51. The van der Waals surface area contributed by atoms with Crippen LogP contribution in [0.25, 0.3) is 22.0 Å². The van der Waals surface area contributed by atoms with Gasteiger partial charge in [0.15, 0.2) is 0 Å². The number of aromatic amines is 1. The minimum absolute atomic E-state index is 0.504. The van der Waals surface area contributed by atoms with Crippen LogP contribution < -0.4 is 5.73 Å². The largest absolute Gasteiger partial charge is 0.350 e. The van der Waals surface area contributed by atoms with Gasteiger partial charge in [-0.2, -0.15) is 0 Å². The van der Waals surface area contributed by atoms with Crippen molar-refractivity contribution in [2.24, 2.45) is 5.73 Å². The van der Waals surface area contributed by atoms with Crippen LogP contribution in [0.3, 0.4) is 0 Å². The highest BCUT2D eigenvalue weighted by Crippen LogP contribution is 2.32. The van der Waals surface area contributed by atoms with Crippen molar-refractivity contribution in [2.75, 3.05) is 0 Å². The molecule has 0 bridgehead atoms. The summed E-state index contributed by atoms with van der Waals surface area (Å²) in [5, 5.41) is 5.23. The number of carbonyl (C=O) groups excluding carboxylic acids is 1. The van der Waals surface area contributed by atoms with E-state index in [1.54, 1.807) is 6.20 Å². The Bertz CT molecular complexity index is 620. The SMILES string of the molecule is NC(=O)n1cc2cc3ccccc3c-2[nH]1. The van der Waals surface area contributed by atoms with Crippen LogP contribution >= 0.6 is 0 Å². The fourth-order valence-electron chi connectivity index (χ4n) is 1.88. The van der Waals surface area contributed by atoms with Gasteiger partial charge in [-0.05, 0) is 11.5 Å². The average Bonchev–Trinajstić information content (AvgIpc) is 2.73. The van der Waals surface area contributed by atoms with Crippen molar-refractivity contribution < 1.29 is 4.79 Å². The zero-order chi connectivity index (χ0) is 10.4. The summed E-state index contributed by atoms with van der Waals surface area (Å²) >= 11 is 0. The van der Waals surface area contributed by atoms with Gasteiger partial charge in [0, 0.05) is 17.1 Å². The van der Waals surface area contributed by atoms with Crippen LogP contribution in [0.2, 0.25) is 0 Å². The average molecular weight is 199 g/mol. The molecular formula is C11H9N3O. The monoisotopic (exact) mass is 199 g/mol. The smallest absolute Gasteiger partial charge is 0.337 e. The number of nitrogens with one attached hydrogen (secondary N) is 1. The number of primary amides is 1. The van der Waals surface area contributed by atoms with Crippen molar-refractivity contribution in [1.82, 2.24) is 9.78 Å². The third-order valence-corrected chi connectivity index (χ3v) is 2.57. The molecular weight excluding hydrogens is 190 g/mol. The maximum absolute atomic E-state index is 11.0. The lowest BCUT2D eigenvalue weighted by Gasteiger charge is -1.93. The van der Waals surface area contributed by atoms with Crippen LogP contribution in [0.15, 0.2) is 36.5 Å². The highest BCUT2D eigenvalue weighted by atomic mass is 16.2. The van der Waals surface area contributed by atoms with Crippen molar-refractivity contribution in [2.45, 2.75) is 0 Å². The third-order valence-electron chi connectivity index (χ3n) is 2.57. The predicted octanol–water partition coefficient (Wildman–Crippen LogP) is 2.00. The Morgan fingerprint density at radius 1 is 1.33 bits per heavy atom. The molecule has 3 N–H and O–H groups in total. The van der Waals surface area contributed by atoms with E-state index >= 15 is 0 Å². The van der Waals surface area contributed by atoms with Gasteiger partial charge in [0.1, 0.15) is 0 Å². The van der Waals surface area contributed by atoms with Crippen LogP contribution in [0.4, 0.5) is 4.79 Å². The first kappa shape index (κ1) is 8.11. The zero-order valence-electron chi connectivity index (χ0n) is 7.90. The first-order valence-corrected chi connectivity index (χ1v) is 4.64. The molecule has 0 saturated heterocycles. The van der Waals surface area contributed by atoms with E-state index in [0.29, 0.717) is 0 Å². The van der Waals surface area contributed by atoms with E-state index in [-0.39, 0.29) is 0 Å². The first-order valence-electron chi connectivity index (χ1n) is 4.64. The molecule has 15 heavy (non-hydrogen) atoms. The van der Waals surface area contributed by atoms with E-state index in [9.17, 15) is 4.79 Å². The van der Waals surface area contributed by atoms with E-state index in [1.165, 1.54) is 4.68 Å². The first-order chi connectivity index (χ1) is 7.25. The molecule has 1 aromatic rings. The molecule has 4 nitrogen and oxygen atoms in total. The summed E-state index contributed by atoms with van der Waals surface area (Å²) in [6, 6.07) is 9.54. The highest BCUT2D eigenvalue weighted by Gasteiger charge is 2.13. The van der Waals surface area contributed by atoms with Crippen molar-refractivity contribution in [3.05, 3.63) is 36.5 Å². The lowest BCUT2D eigenvalue weighted by Crippen LogP contribution is -2.19. The number of nitrogens with two attached hydrogens (primary N) is 1. The molecule has 0 unspecified atom stereocenters. The van der Waals surface area contributed by atoms with Crippen LogP contribution in [0, 0.1) is 0 Å². The zero-order valence-corrected chi connectivity index (χ0v) is 7.90. The summed E-state index contributed by atoms with van der Waals surface area (Å²) in [7, 11) is 0. The van der Waals surface area contributed by atoms with Gasteiger partial charge in [-0.3, -0.25) is 5.10 Å². The summed E-state index contributed by atoms with van der Waals surface area (Å²) < 4.78 is 1.29. The molecule has 2 aliphatic rings. The number of aromatic nitrogens is 2.